The van der Waals surface area contributed by atoms with Gasteiger partial charge in [0.15, 0.2) is 0 Å². The van der Waals surface area contributed by atoms with Crippen LogP contribution in [-0.2, 0) is 4.74 Å². The first kappa shape index (κ1) is 16.5. The number of hydrogen-bond donors (Lipinski definition) is 3. The minimum Gasteiger partial charge on any atom is -0.478 e. The van der Waals surface area contributed by atoms with E-state index in [0.717, 1.165) is 0 Å². The van der Waals surface area contributed by atoms with E-state index in [-0.39, 0.29) is 24.9 Å². The molecule has 1 aliphatic carbocycles. The summed E-state index contributed by atoms with van der Waals surface area (Å²) in [5.41, 5.74) is -0.0393. The van der Waals surface area contributed by atoms with Crippen molar-refractivity contribution in [3.8, 4) is 0 Å². The van der Waals surface area contributed by atoms with E-state index in [0.29, 0.717) is 31.2 Å². The highest BCUT2D eigenvalue weighted by Gasteiger charge is 2.35. The molecule has 2 rings (SSSR count). The Labute approximate surface area is 128 Å². The third-order valence-electron chi connectivity index (χ3n) is 4.31. The summed E-state index contributed by atoms with van der Waals surface area (Å²) in [6, 6.07) is 5.59. The molecule has 1 saturated carbocycles. The number of carbonyl (C=O) groups is 2. The lowest BCUT2D eigenvalue weighted by Crippen LogP contribution is -2.37. The molecule has 0 radical (unpaired) electrons. The molecule has 3 N–H and O–H groups in total. The van der Waals surface area contributed by atoms with Gasteiger partial charge in [-0.2, -0.15) is 0 Å². The topological polar surface area (TPSA) is 104 Å². The fourth-order valence-electron chi connectivity index (χ4n) is 2.66. The lowest BCUT2D eigenvalue weighted by Gasteiger charge is -2.37. The van der Waals surface area contributed by atoms with Crippen LogP contribution in [0.4, 0.5) is 0 Å². The molecular formula is C16H20O6. The fourth-order valence-corrected chi connectivity index (χ4v) is 2.66. The summed E-state index contributed by atoms with van der Waals surface area (Å²) in [7, 11) is 0. The van der Waals surface area contributed by atoms with Gasteiger partial charge in [0.05, 0.1) is 24.3 Å². The van der Waals surface area contributed by atoms with Gasteiger partial charge < -0.3 is 20.1 Å². The lowest BCUT2D eigenvalue weighted by molar-refractivity contribution is -0.0274. The zero-order chi connectivity index (χ0) is 16.2. The molecule has 0 amide bonds. The maximum Gasteiger partial charge on any atom is 0.338 e. The van der Waals surface area contributed by atoms with E-state index in [1.807, 2.05) is 0 Å². The molecule has 0 atom stereocenters. The second kappa shape index (κ2) is 6.89. The molecule has 1 aromatic carbocycles. The minimum atomic E-state index is -1.04. The number of aliphatic hydroxyl groups excluding tert-OH is 2. The lowest BCUT2D eigenvalue weighted by atomic mass is 9.74. The second-order valence-corrected chi connectivity index (χ2v) is 5.80. The number of ether oxygens (including phenoxy) is 1. The number of aliphatic hydroxyl groups is 2. The van der Waals surface area contributed by atoms with Crippen molar-refractivity contribution < 1.29 is 29.6 Å². The van der Waals surface area contributed by atoms with Gasteiger partial charge in [-0.1, -0.05) is 0 Å². The number of aromatic carboxylic acids is 1. The van der Waals surface area contributed by atoms with Crippen LogP contribution < -0.4 is 0 Å². The number of benzene rings is 1. The Hall–Kier alpha value is -1.92. The van der Waals surface area contributed by atoms with Crippen LogP contribution in [0.15, 0.2) is 24.3 Å². The highest BCUT2D eigenvalue weighted by atomic mass is 16.5. The van der Waals surface area contributed by atoms with Crippen molar-refractivity contribution in [3.05, 3.63) is 35.4 Å². The first-order chi connectivity index (χ1) is 10.5. The number of carbonyl (C=O) groups excluding carboxylic acids is 1. The predicted octanol–water partition coefficient (Wildman–Crippen LogP) is 1.46. The van der Waals surface area contributed by atoms with Crippen LogP contribution in [0.25, 0.3) is 0 Å². The number of hydrogen-bond acceptors (Lipinski definition) is 5. The largest absolute Gasteiger partial charge is 0.478 e. The summed E-state index contributed by atoms with van der Waals surface area (Å²) in [6.45, 7) is -0.137. The Bertz CT molecular complexity index is 522. The third kappa shape index (κ3) is 3.64. The van der Waals surface area contributed by atoms with Gasteiger partial charge in [-0.25, -0.2) is 9.59 Å². The van der Waals surface area contributed by atoms with Gasteiger partial charge in [0.25, 0.3) is 0 Å². The van der Waals surface area contributed by atoms with Crippen LogP contribution in [0.5, 0.6) is 0 Å². The summed E-state index contributed by atoms with van der Waals surface area (Å²) in [6.07, 6.45) is 2.17. The summed E-state index contributed by atoms with van der Waals surface area (Å²) in [4.78, 5) is 22.8. The van der Waals surface area contributed by atoms with Gasteiger partial charge in [-0.3, -0.25) is 0 Å². The molecule has 0 spiro atoms. The summed E-state index contributed by atoms with van der Waals surface area (Å²) >= 11 is 0. The molecule has 0 saturated heterocycles. The van der Waals surface area contributed by atoms with Gasteiger partial charge in [0.2, 0.25) is 0 Å². The van der Waals surface area contributed by atoms with Crippen LogP contribution >= 0.6 is 0 Å². The second-order valence-electron chi connectivity index (χ2n) is 5.80. The Balaban J connectivity index is 1.92. The van der Waals surface area contributed by atoms with E-state index in [9.17, 15) is 19.8 Å². The molecule has 1 fully saturated rings. The van der Waals surface area contributed by atoms with Gasteiger partial charge in [0.1, 0.15) is 6.10 Å². The number of carboxylic acids is 1. The molecule has 6 heteroatoms. The van der Waals surface area contributed by atoms with Crippen LogP contribution in [-0.4, -0.2) is 46.6 Å². The van der Waals surface area contributed by atoms with Crippen LogP contribution in [0.1, 0.15) is 46.4 Å². The van der Waals surface area contributed by atoms with E-state index < -0.39 is 17.4 Å². The van der Waals surface area contributed by atoms with E-state index in [4.69, 9.17) is 9.84 Å². The van der Waals surface area contributed by atoms with Crippen molar-refractivity contribution in [2.75, 3.05) is 13.2 Å². The zero-order valence-corrected chi connectivity index (χ0v) is 12.2. The Morgan fingerprint density at radius 2 is 1.55 bits per heavy atom. The van der Waals surface area contributed by atoms with Gasteiger partial charge in [-0.05, 0) is 49.9 Å². The van der Waals surface area contributed by atoms with Crippen LogP contribution in [0.2, 0.25) is 0 Å². The van der Waals surface area contributed by atoms with Gasteiger partial charge in [0, 0.05) is 5.41 Å². The van der Waals surface area contributed by atoms with Crippen molar-refractivity contribution in [1.82, 2.24) is 0 Å². The fraction of sp³-hybridized carbons (Fsp3) is 0.500. The molecule has 1 aliphatic rings. The van der Waals surface area contributed by atoms with Crippen molar-refractivity contribution in [3.63, 3.8) is 0 Å². The molecule has 6 nitrogen and oxygen atoms in total. The maximum absolute atomic E-state index is 12.0. The average molecular weight is 308 g/mol. The molecule has 1 aromatic rings. The first-order valence-electron chi connectivity index (χ1n) is 7.26. The summed E-state index contributed by atoms with van der Waals surface area (Å²) in [5.74, 6) is -1.53. The molecular weight excluding hydrogens is 288 g/mol. The van der Waals surface area contributed by atoms with E-state index >= 15 is 0 Å². The maximum atomic E-state index is 12.0. The average Bonchev–Trinajstić information content (AvgIpc) is 2.56. The van der Waals surface area contributed by atoms with E-state index in [1.165, 1.54) is 24.3 Å². The van der Waals surface area contributed by atoms with Gasteiger partial charge in [-0.15, -0.1) is 0 Å². The quantitative estimate of drug-likeness (QED) is 0.711. The van der Waals surface area contributed by atoms with Crippen molar-refractivity contribution >= 4 is 11.9 Å². The van der Waals surface area contributed by atoms with Crippen LogP contribution in [0, 0.1) is 5.41 Å². The van der Waals surface area contributed by atoms with Crippen LogP contribution in [0.3, 0.4) is 0 Å². The van der Waals surface area contributed by atoms with Gasteiger partial charge >= 0.3 is 11.9 Å². The molecule has 0 unspecified atom stereocenters. The molecule has 0 heterocycles. The highest BCUT2D eigenvalue weighted by Crippen LogP contribution is 2.36. The molecule has 0 aliphatic heterocycles. The summed E-state index contributed by atoms with van der Waals surface area (Å²) < 4.78 is 5.41. The minimum absolute atomic E-state index is 0.0686. The first-order valence-corrected chi connectivity index (χ1v) is 7.26. The Morgan fingerprint density at radius 1 is 1.05 bits per heavy atom. The summed E-state index contributed by atoms with van der Waals surface area (Å²) in [5, 5.41) is 27.5. The monoisotopic (exact) mass is 308 g/mol. The van der Waals surface area contributed by atoms with E-state index in [1.54, 1.807) is 0 Å². The third-order valence-corrected chi connectivity index (χ3v) is 4.31. The zero-order valence-electron chi connectivity index (χ0n) is 12.2. The molecule has 22 heavy (non-hydrogen) atoms. The van der Waals surface area contributed by atoms with Crippen molar-refractivity contribution in [1.29, 1.82) is 0 Å². The predicted molar refractivity (Wildman–Crippen MR) is 77.7 cm³/mol. The highest BCUT2D eigenvalue weighted by molar-refractivity contribution is 5.92. The Kier molecular flexibility index (Phi) is 5.15. The standard InChI is InChI=1S/C16H20O6/c17-9-16(10-18)7-5-13(6-8-16)22-15(21)12-3-1-11(2-4-12)14(19)20/h1-4,13,17-18H,5-10H2,(H,19,20). The number of rotatable bonds is 5. The van der Waals surface area contributed by atoms with Crippen molar-refractivity contribution in [2.24, 2.45) is 5.41 Å². The SMILES string of the molecule is O=C(O)c1ccc(C(=O)OC2CCC(CO)(CO)CC2)cc1. The molecule has 120 valence electrons. The smallest absolute Gasteiger partial charge is 0.338 e. The molecule has 0 bridgehead atoms. The van der Waals surface area contributed by atoms with Crippen molar-refractivity contribution in [2.45, 2.75) is 31.8 Å². The molecule has 0 aromatic heterocycles. The number of carboxylic acid groups (broad SMARTS) is 1. The van der Waals surface area contributed by atoms with E-state index in [2.05, 4.69) is 0 Å². The normalized spacial score (nSPS) is 17.9. The number of esters is 1. The Morgan fingerprint density at radius 3 is 2.00 bits per heavy atom.